The molecule has 1 N–H and O–H groups in total. The van der Waals surface area contributed by atoms with Gasteiger partial charge in [-0.3, -0.25) is 9.59 Å². The quantitative estimate of drug-likeness (QED) is 0.792. The summed E-state index contributed by atoms with van der Waals surface area (Å²) in [5.41, 5.74) is -1.12. The minimum Gasteiger partial charge on any atom is -0.481 e. The highest BCUT2D eigenvalue weighted by Crippen LogP contribution is 2.22. The van der Waals surface area contributed by atoms with Crippen molar-refractivity contribution in [3.8, 4) is 0 Å². The molecule has 0 aromatic heterocycles. The molecule has 0 bridgehead atoms. The highest BCUT2D eigenvalue weighted by molar-refractivity contribution is 7.91. The largest absolute Gasteiger partial charge is 0.481 e. The predicted octanol–water partition coefficient (Wildman–Crippen LogP) is 0.134. The number of carboxylic acid groups (broad SMARTS) is 1. The molecule has 0 aliphatic carbocycles. The van der Waals surface area contributed by atoms with Crippen LogP contribution in [0.25, 0.3) is 0 Å². The SMILES string of the molecule is CC(C)(CC(=O)N1CCCS(=O)(=O)CC1)C(=O)O. The molecule has 104 valence electrons. The van der Waals surface area contributed by atoms with Gasteiger partial charge >= 0.3 is 5.97 Å². The summed E-state index contributed by atoms with van der Waals surface area (Å²) in [5, 5.41) is 8.96. The standard InChI is InChI=1S/C11H19NO5S/c1-11(2,10(14)15)8-9(13)12-4-3-6-18(16,17)7-5-12/h3-8H2,1-2H3,(H,14,15). The maximum atomic E-state index is 11.9. The monoisotopic (exact) mass is 277 g/mol. The fourth-order valence-corrected chi connectivity index (χ4v) is 3.02. The lowest BCUT2D eigenvalue weighted by atomic mass is 9.89. The van der Waals surface area contributed by atoms with Crippen LogP contribution in [0.1, 0.15) is 26.7 Å². The molecule has 0 unspecified atom stereocenters. The van der Waals surface area contributed by atoms with E-state index >= 15 is 0 Å². The van der Waals surface area contributed by atoms with Gasteiger partial charge in [-0.2, -0.15) is 0 Å². The minimum atomic E-state index is -3.06. The van der Waals surface area contributed by atoms with E-state index in [4.69, 9.17) is 5.11 Å². The van der Waals surface area contributed by atoms with E-state index in [-0.39, 0.29) is 30.4 Å². The third-order valence-electron chi connectivity index (χ3n) is 3.08. The number of carboxylic acids is 1. The number of nitrogens with zero attached hydrogens (tertiary/aromatic N) is 1. The lowest BCUT2D eigenvalue weighted by Crippen LogP contribution is -2.38. The van der Waals surface area contributed by atoms with Gasteiger partial charge in [0.25, 0.3) is 0 Å². The molecule has 0 saturated carbocycles. The molecule has 1 rings (SSSR count). The van der Waals surface area contributed by atoms with Crippen molar-refractivity contribution < 1.29 is 23.1 Å². The number of carbonyl (C=O) groups excluding carboxylic acids is 1. The van der Waals surface area contributed by atoms with Crippen LogP contribution in [0.15, 0.2) is 0 Å². The Kier molecular flexibility index (Phi) is 4.37. The fraction of sp³-hybridized carbons (Fsp3) is 0.818. The summed E-state index contributed by atoms with van der Waals surface area (Å²) in [4.78, 5) is 24.3. The number of rotatable bonds is 3. The third-order valence-corrected chi connectivity index (χ3v) is 4.80. The van der Waals surface area contributed by atoms with E-state index in [1.54, 1.807) is 0 Å². The van der Waals surface area contributed by atoms with Crippen LogP contribution in [0.2, 0.25) is 0 Å². The third kappa shape index (κ3) is 3.97. The number of amides is 1. The molecule has 0 atom stereocenters. The molecule has 1 fully saturated rings. The van der Waals surface area contributed by atoms with Crippen molar-refractivity contribution >= 4 is 21.7 Å². The summed E-state index contributed by atoms with van der Waals surface area (Å²) in [6.45, 7) is 3.52. The van der Waals surface area contributed by atoms with Crippen LogP contribution in [0, 0.1) is 5.41 Å². The average Bonchev–Trinajstić information content (AvgIpc) is 2.38. The van der Waals surface area contributed by atoms with Gasteiger partial charge < -0.3 is 10.0 Å². The van der Waals surface area contributed by atoms with Crippen molar-refractivity contribution in [3.05, 3.63) is 0 Å². The zero-order chi connectivity index (χ0) is 14.0. The molecule has 18 heavy (non-hydrogen) atoms. The Bertz CT molecular complexity index is 440. The maximum absolute atomic E-state index is 11.9. The van der Waals surface area contributed by atoms with Gasteiger partial charge in [-0.15, -0.1) is 0 Å². The Morgan fingerprint density at radius 3 is 2.39 bits per heavy atom. The topological polar surface area (TPSA) is 91.8 Å². The summed E-state index contributed by atoms with van der Waals surface area (Å²) < 4.78 is 22.8. The number of aliphatic carboxylic acids is 1. The molecule has 1 aliphatic rings. The summed E-state index contributed by atoms with van der Waals surface area (Å²) in [7, 11) is -3.06. The molecule has 0 aromatic rings. The lowest BCUT2D eigenvalue weighted by Gasteiger charge is -2.25. The molecule has 0 spiro atoms. The highest BCUT2D eigenvalue weighted by Gasteiger charge is 2.33. The van der Waals surface area contributed by atoms with E-state index in [0.717, 1.165) is 0 Å². The van der Waals surface area contributed by atoms with Crippen molar-refractivity contribution in [1.82, 2.24) is 4.90 Å². The number of hydrogen-bond acceptors (Lipinski definition) is 4. The molecule has 1 saturated heterocycles. The van der Waals surface area contributed by atoms with Gasteiger partial charge in [0.1, 0.15) is 0 Å². The minimum absolute atomic E-state index is 0.0355. The van der Waals surface area contributed by atoms with E-state index in [0.29, 0.717) is 13.0 Å². The number of sulfone groups is 1. The van der Waals surface area contributed by atoms with Crippen molar-refractivity contribution in [3.63, 3.8) is 0 Å². The zero-order valence-corrected chi connectivity index (χ0v) is 11.5. The van der Waals surface area contributed by atoms with Crippen molar-refractivity contribution in [2.45, 2.75) is 26.7 Å². The first-order valence-corrected chi connectivity index (χ1v) is 7.68. The second-order valence-corrected chi connectivity index (χ2v) is 7.56. The Labute approximate surface area is 107 Å². The van der Waals surface area contributed by atoms with Gasteiger partial charge in [0, 0.05) is 19.5 Å². The Hall–Kier alpha value is -1.11. The lowest BCUT2D eigenvalue weighted by molar-refractivity contribution is -0.151. The smallest absolute Gasteiger partial charge is 0.309 e. The van der Waals surface area contributed by atoms with Gasteiger partial charge in [-0.25, -0.2) is 8.42 Å². The van der Waals surface area contributed by atoms with E-state index in [9.17, 15) is 18.0 Å². The summed E-state index contributed by atoms with van der Waals surface area (Å²) >= 11 is 0. The predicted molar refractivity (Wildman–Crippen MR) is 65.9 cm³/mol. The van der Waals surface area contributed by atoms with Crippen LogP contribution in [-0.2, 0) is 19.4 Å². The molecular formula is C11H19NO5S. The summed E-state index contributed by atoms with van der Waals surface area (Å²) in [5.74, 6) is -1.26. The van der Waals surface area contributed by atoms with E-state index in [1.807, 2.05) is 0 Å². The first-order chi connectivity index (χ1) is 8.14. The molecule has 0 aromatic carbocycles. The first-order valence-electron chi connectivity index (χ1n) is 5.86. The molecule has 6 nitrogen and oxygen atoms in total. The Balaban J connectivity index is 2.66. The van der Waals surface area contributed by atoms with Crippen molar-refractivity contribution in [1.29, 1.82) is 0 Å². The van der Waals surface area contributed by atoms with E-state index in [2.05, 4.69) is 0 Å². The van der Waals surface area contributed by atoms with Crippen molar-refractivity contribution in [2.75, 3.05) is 24.6 Å². The maximum Gasteiger partial charge on any atom is 0.309 e. The van der Waals surface area contributed by atoms with Crippen LogP contribution in [0.4, 0.5) is 0 Å². The fourth-order valence-electron chi connectivity index (χ4n) is 1.75. The highest BCUT2D eigenvalue weighted by atomic mass is 32.2. The molecule has 1 heterocycles. The van der Waals surface area contributed by atoms with Gasteiger partial charge in [0.05, 0.1) is 16.9 Å². The van der Waals surface area contributed by atoms with Crippen LogP contribution >= 0.6 is 0 Å². The first kappa shape index (κ1) is 14.9. The molecular weight excluding hydrogens is 258 g/mol. The van der Waals surface area contributed by atoms with Gasteiger partial charge in [0.15, 0.2) is 9.84 Å². The Morgan fingerprint density at radius 2 is 1.83 bits per heavy atom. The van der Waals surface area contributed by atoms with Crippen LogP contribution < -0.4 is 0 Å². The summed E-state index contributed by atoms with van der Waals surface area (Å²) in [6, 6.07) is 0. The second-order valence-electron chi connectivity index (χ2n) is 5.25. The normalized spacial score (nSPS) is 20.2. The zero-order valence-electron chi connectivity index (χ0n) is 10.7. The molecule has 0 radical (unpaired) electrons. The second kappa shape index (κ2) is 5.26. The van der Waals surface area contributed by atoms with Crippen LogP contribution in [-0.4, -0.2) is 54.9 Å². The van der Waals surface area contributed by atoms with Gasteiger partial charge in [-0.1, -0.05) is 0 Å². The molecule has 7 heteroatoms. The van der Waals surface area contributed by atoms with Gasteiger partial charge in [0.2, 0.25) is 5.91 Å². The molecule has 1 aliphatic heterocycles. The van der Waals surface area contributed by atoms with E-state index < -0.39 is 21.2 Å². The van der Waals surface area contributed by atoms with Crippen LogP contribution in [0.5, 0.6) is 0 Å². The van der Waals surface area contributed by atoms with Gasteiger partial charge in [-0.05, 0) is 20.3 Å². The van der Waals surface area contributed by atoms with Crippen LogP contribution in [0.3, 0.4) is 0 Å². The number of hydrogen-bond donors (Lipinski definition) is 1. The number of carbonyl (C=O) groups is 2. The molecule has 1 amide bonds. The van der Waals surface area contributed by atoms with Crippen molar-refractivity contribution in [2.24, 2.45) is 5.41 Å². The summed E-state index contributed by atoms with van der Waals surface area (Å²) in [6.07, 6.45) is 0.309. The average molecular weight is 277 g/mol. The van der Waals surface area contributed by atoms with E-state index in [1.165, 1.54) is 18.7 Å². The Morgan fingerprint density at radius 1 is 1.22 bits per heavy atom.